The molecule has 2 N–H and O–H groups in total. The lowest BCUT2D eigenvalue weighted by molar-refractivity contribution is 0.102. The van der Waals surface area contributed by atoms with Gasteiger partial charge in [-0.3, -0.25) is 14.6 Å². The quantitative estimate of drug-likeness (QED) is 0.776. The molecule has 6 heteroatoms. The van der Waals surface area contributed by atoms with E-state index >= 15 is 0 Å². The Morgan fingerprint density at radius 2 is 2.14 bits per heavy atom. The molecule has 0 unspecified atom stereocenters. The minimum atomic E-state index is -0.212. The van der Waals surface area contributed by atoms with Crippen LogP contribution in [-0.4, -0.2) is 25.9 Å². The average molecular weight is 283 g/mol. The first-order chi connectivity index (χ1) is 10.0. The molecule has 6 nitrogen and oxygen atoms in total. The zero-order valence-electron chi connectivity index (χ0n) is 12.2. The van der Waals surface area contributed by atoms with Gasteiger partial charge in [-0.15, -0.1) is 0 Å². The minimum absolute atomic E-state index is 0.212. The summed E-state index contributed by atoms with van der Waals surface area (Å²) in [6.07, 6.45) is 1.74. The Balaban J connectivity index is 1.83. The monoisotopic (exact) mass is 283 g/mol. The zero-order chi connectivity index (χ0) is 15.0. The third-order valence-corrected chi connectivity index (χ3v) is 3.44. The summed E-state index contributed by atoms with van der Waals surface area (Å²) in [7, 11) is 1.85. The molecule has 0 aliphatic heterocycles. The van der Waals surface area contributed by atoms with E-state index in [1.165, 1.54) is 0 Å². The van der Waals surface area contributed by atoms with Crippen LogP contribution in [0.2, 0.25) is 0 Å². The Morgan fingerprint density at radius 3 is 2.86 bits per heavy atom. The van der Waals surface area contributed by atoms with Crippen molar-refractivity contribution in [2.45, 2.75) is 19.8 Å². The summed E-state index contributed by atoms with van der Waals surface area (Å²) in [5.74, 6) is 0.113. The lowest BCUT2D eigenvalue weighted by Crippen LogP contribution is -2.12. The molecule has 0 spiro atoms. The van der Waals surface area contributed by atoms with Gasteiger partial charge in [-0.2, -0.15) is 10.2 Å². The van der Waals surface area contributed by atoms with E-state index in [1.54, 1.807) is 10.9 Å². The molecule has 0 saturated heterocycles. The smallest absolute Gasteiger partial charge is 0.276 e. The van der Waals surface area contributed by atoms with E-state index in [0.717, 1.165) is 16.6 Å². The topological polar surface area (TPSA) is 75.6 Å². The summed E-state index contributed by atoms with van der Waals surface area (Å²) < 4.78 is 1.75. The molecular formula is C15H17N5O. The van der Waals surface area contributed by atoms with Gasteiger partial charge in [0.2, 0.25) is 0 Å². The summed E-state index contributed by atoms with van der Waals surface area (Å²) in [5.41, 5.74) is 3.06. The van der Waals surface area contributed by atoms with E-state index < -0.39 is 0 Å². The Bertz CT molecular complexity index is 799. The van der Waals surface area contributed by atoms with Gasteiger partial charge in [0.25, 0.3) is 5.91 Å². The standard InChI is InChI=1S/C15H17N5O/c1-9(2)14-7-13(19-20(14)3)15(21)17-11-5-4-10-8-16-18-12(10)6-11/h4-9H,1-3H3,(H,16,18)(H,17,21). The number of hydrogen-bond donors (Lipinski definition) is 2. The Hall–Kier alpha value is -2.63. The maximum atomic E-state index is 12.3. The number of nitrogens with one attached hydrogen (secondary N) is 2. The second kappa shape index (κ2) is 5.05. The molecule has 0 saturated carbocycles. The van der Waals surface area contributed by atoms with Gasteiger partial charge >= 0.3 is 0 Å². The first-order valence-corrected chi connectivity index (χ1v) is 6.83. The second-order valence-electron chi connectivity index (χ2n) is 5.36. The van der Waals surface area contributed by atoms with Crippen molar-refractivity contribution in [1.82, 2.24) is 20.0 Å². The van der Waals surface area contributed by atoms with Gasteiger partial charge in [-0.05, 0) is 30.2 Å². The highest BCUT2D eigenvalue weighted by molar-refractivity contribution is 6.03. The highest BCUT2D eigenvalue weighted by Crippen LogP contribution is 2.18. The number of rotatable bonds is 3. The number of benzene rings is 1. The van der Waals surface area contributed by atoms with E-state index in [2.05, 4.69) is 34.5 Å². The third kappa shape index (κ3) is 2.52. The number of H-pyrrole nitrogens is 1. The molecule has 0 atom stereocenters. The number of aromatic nitrogens is 4. The molecule has 108 valence electrons. The Kier molecular flexibility index (Phi) is 3.21. The van der Waals surface area contributed by atoms with Crippen LogP contribution in [0.5, 0.6) is 0 Å². The van der Waals surface area contributed by atoms with Crippen molar-refractivity contribution < 1.29 is 4.79 Å². The summed E-state index contributed by atoms with van der Waals surface area (Å²) in [5, 5.41) is 15.0. The van der Waals surface area contributed by atoms with Gasteiger partial charge in [0, 0.05) is 23.8 Å². The van der Waals surface area contributed by atoms with Gasteiger partial charge < -0.3 is 5.32 Å². The van der Waals surface area contributed by atoms with Crippen LogP contribution < -0.4 is 5.32 Å². The molecule has 2 aromatic heterocycles. The summed E-state index contributed by atoms with van der Waals surface area (Å²) >= 11 is 0. The Morgan fingerprint density at radius 1 is 1.33 bits per heavy atom. The molecular weight excluding hydrogens is 266 g/mol. The average Bonchev–Trinajstić information content (AvgIpc) is 3.04. The predicted octanol–water partition coefficient (Wildman–Crippen LogP) is 2.67. The maximum Gasteiger partial charge on any atom is 0.276 e. The molecule has 1 amide bonds. The van der Waals surface area contributed by atoms with E-state index in [-0.39, 0.29) is 5.91 Å². The van der Waals surface area contributed by atoms with Crippen LogP contribution in [0.15, 0.2) is 30.5 Å². The van der Waals surface area contributed by atoms with Crippen molar-refractivity contribution in [3.63, 3.8) is 0 Å². The fraction of sp³-hybridized carbons (Fsp3) is 0.267. The fourth-order valence-electron chi connectivity index (χ4n) is 2.34. The van der Waals surface area contributed by atoms with Crippen LogP contribution in [0.3, 0.4) is 0 Å². The lowest BCUT2D eigenvalue weighted by atomic mass is 10.1. The van der Waals surface area contributed by atoms with Gasteiger partial charge in [0.15, 0.2) is 5.69 Å². The van der Waals surface area contributed by atoms with Gasteiger partial charge in [-0.25, -0.2) is 0 Å². The van der Waals surface area contributed by atoms with E-state index in [4.69, 9.17) is 0 Å². The molecule has 0 bridgehead atoms. The summed E-state index contributed by atoms with van der Waals surface area (Å²) in [6, 6.07) is 7.44. The van der Waals surface area contributed by atoms with Gasteiger partial charge in [0.1, 0.15) is 0 Å². The summed E-state index contributed by atoms with van der Waals surface area (Å²) in [6.45, 7) is 4.15. The lowest BCUT2D eigenvalue weighted by Gasteiger charge is -2.02. The van der Waals surface area contributed by atoms with Crippen LogP contribution in [0.1, 0.15) is 35.9 Å². The molecule has 0 fully saturated rings. The molecule has 3 aromatic rings. The van der Waals surface area contributed by atoms with Crippen molar-refractivity contribution in [1.29, 1.82) is 0 Å². The largest absolute Gasteiger partial charge is 0.321 e. The van der Waals surface area contributed by atoms with Crippen molar-refractivity contribution in [2.75, 3.05) is 5.32 Å². The number of aryl methyl sites for hydroxylation is 1. The van der Waals surface area contributed by atoms with Crippen molar-refractivity contribution in [3.8, 4) is 0 Å². The molecule has 21 heavy (non-hydrogen) atoms. The first kappa shape index (κ1) is 13.4. The van der Waals surface area contributed by atoms with Gasteiger partial charge in [0.05, 0.1) is 11.7 Å². The summed E-state index contributed by atoms with van der Waals surface area (Å²) in [4.78, 5) is 12.3. The number of carbonyl (C=O) groups excluding carboxylic acids is 1. The first-order valence-electron chi connectivity index (χ1n) is 6.83. The normalized spacial score (nSPS) is 11.2. The molecule has 1 aromatic carbocycles. The zero-order valence-corrected chi connectivity index (χ0v) is 12.2. The van der Waals surface area contributed by atoms with Crippen molar-refractivity contribution in [3.05, 3.63) is 41.9 Å². The van der Waals surface area contributed by atoms with Crippen molar-refractivity contribution >= 4 is 22.5 Å². The molecule has 3 rings (SSSR count). The predicted molar refractivity (Wildman–Crippen MR) is 81.3 cm³/mol. The number of hydrogen-bond acceptors (Lipinski definition) is 3. The molecule has 0 radical (unpaired) electrons. The molecule has 0 aliphatic rings. The van der Waals surface area contributed by atoms with Crippen LogP contribution >= 0.6 is 0 Å². The van der Waals surface area contributed by atoms with Gasteiger partial charge in [-0.1, -0.05) is 13.8 Å². The van der Waals surface area contributed by atoms with Crippen LogP contribution in [0.25, 0.3) is 10.9 Å². The second-order valence-corrected chi connectivity index (χ2v) is 5.36. The molecule has 2 heterocycles. The van der Waals surface area contributed by atoms with E-state index in [9.17, 15) is 4.79 Å². The maximum absolute atomic E-state index is 12.3. The minimum Gasteiger partial charge on any atom is -0.321 e. The van der Waals surface area contributed by atoms with Crippen LogP contribution in [0, 0.1) is 0 Å². The number of nitrogens with zero attached hydrogens (tertiary/aromatic N) is 3. The number of fused-ring (bicyclic) bond motifs is 1. The fourth-order valence-corrected chi connectivity index (χ4v) is 2.34. The van der Waals surface area contributed by atoms with E-state index in [0.29, 0.717) is 17.3 Å². The Labute approximate surface area is 122 Å². The van der Waals surface area contributed by atoms with E-state index in [1.807, 2.05) is 31.3 Å². The van der Waals surface area contributed by atoms with Crippen LogP contribution in [0.4, 0.5) is 5.69 Å². The highest BCUT2D eigenvalue weighted by atomic mass is 16.1. The SMILES string of the molecule is CC(C)c1cc(C(=O)Nc2ccc3cn[nH]c3c2)nn1C. The number of carbonyl (C=O) groups is 1. The third-order valence-electron chi connectivity index (χ3n) is 3.44. The number of anilines is 1. The van der Waals surface area contributed by atoms with Crippen LogP contribution in [-0.2, 0) is 7.05 Å². The van der Waals surface area contributed by atoms with Crippen molar-refractivity contribution in [2.24, 2.45) is 7.05 Å². The number of amides is 1. The number of aromatic amines is 1. The highest BCUT2D eigenvalue weighted by Gasteiger charge is 2.15. The molecule has 0 aliphatic carbocycles.